The molecular formula is C9H9ClF2O2S. The maximum Gasteiger partial charge on any atom is 0.361 e. The van der Waals surface area contributed by atoms with Crippen molar-refractivity contribution in [3.63, 3.8) is 0 Å². The molecule has 0 aliphatic carbocycles. The van der Waals surface area contributed by atoms with Gasteiger partial charge < -0.3 is 5.11 Å². The fourth-order valence-electron chi connectivity index (χ4n) is 0.743. The molecule has 0 spiro atoms. The van der Waals surface area contributed by atoms with Crippen LogP contribution in [-0.4, -0.2) is 10.4 Å². The summed E-state index contributed by atoms with van der Waals surface area (Å²) in [7, 11) is 0. The van der Waals surface area contributed by atoms with Crippen molar-refractivity contribution in [2.45, 2.75) is 12.8 Å². The molecule has 6 heteroatoms. The third-order valence-electron chi connectivity index (χ3n) is 1.35. The highest BCUT2D eigenvalue weighted by Crippen LogP contribution is 2.27. The Morgan fingerprint density at radius 2 is 1.73 bits per heavy atom. The summed E-state index contributed by atoms with van der Waals surface area (Å²) >= 11 is 8.40. The first-order valence-corrected chi connectivity index (χ1v) is 4.61. The molecule has 0 radical (unpaired) electrons. The molecule has 0 saturated heterocycles. The maximum atomic E-state index is 12.5. The first-order chi connectivity index (χ1) is 6.73. The molecule has 1 aromatic carbocycles. The van der Waals surface area contributed by atoms with Crippen molar-refractivity contribution in [2.24, 2.45) is 0 Å². The molecule has 1 aromatic rings. The van der Waals surface area contributed by atoms with E-state index in [0.717, 1.165) is 6.92 Å². The van der Waals surface area contributed by atoms with Crippen LogP contribution in [0.25, 0.3) is 0 Å². The molecule has 0 saturated carbocycles. The van der Waals surface area contributed by atoms with Crippen LogP contribution in [0.5, 0.6) is 0 Å². The number of thiol groups is 1. The Balaban J connectivity index is 0.000000423. The Bertz CT molecular complexity index is 318. The highest BCUT2D eigenvalue weighted by atomic mass is 35.5. The molecule has 84 valence electrons. The number of alkyl halides is 2. The van der Waals surface area contributed by atoms with Gasteiger partial charge in [-0.3, -0.25) is 0 Å². The van der Waals surface area contributed by atoms with Gasteiger partial charge in [0.15, 0.2) is 0 Å². The number of rotatable bonds is 1. The second-order valence-corrected chi connectivity index (χ2v) is 3.50. The van der Waals surface area contributed by atoms with Gasteiger partial charge in [-0.05, 0) is 12.1 Å². The van der Waals surface area contributed by atoms with E-state index in [-0.39, 0.29) is 5.56 Å². The zero-order valence-corrected chi connectivity index (χ0v) is 9.40. The fraction of sp³-hybridized carbons (Fsp3) is 0.222. The van der Waals surface area contributed by atoms with Gasteiger partial charge in [-0.1, -0.05) is 36.4 Å². The first-order valence-electron chi connectivity index (χ1n) is 3.79. The van der Waals surface area contributed by atoms with E-state index in [2.05, 4.69) is 12.6 Å². The fourth-order valence-corrected chi connectivity index (χ4v) is 0.869. The lowest BCUT2D eigenvalue weighted by Gasteiger charge is -2.09. The number of hydrogen-bond acceptors (Lipinski definition) is 1. The molecular weight excluding hydrogens is 246 g/mol. The molecule has 0 heterocycles. The van der Waals surface area contributed by atoms with E-state index in [9.17, 15) is 8.78 Å². The summed E-state index contributed by atoms with van der Waals surface area (Å²) < 4.78 is 25.1. The zero-order valence-electron chi connectivity index (χ0n) is 7.75. The predicted octanol–water partition coefficient (Wildman–Crippen LogP) is 4.05. The van der Waals surface area contributed by atoms with E-state index >= 15 is 0 Å². The van der Waals surface area contributed by atoms with Crippen molar-refractivity contribution in [1.29, 1.82) is 0 Å². The number of carbonyl (C=O) groups is 1. The van der Waals surface area contributed by atoms with Gasteiger partial charge in [0, 0.05) is 17.5 Å². The van der Waals surface area contributed by atoms with E-state index in [1.54, 1.807) is 0 Å². The first kappa shape index (κ1) is 14.2. The smallest absolute Gasteiger partial charge is 0.361 e. The topological polar surface area (TPSA) is 37.3 Å². The average molecular weight is 255 g/mol. The van der Waals surface area contributed by atoms with Gasteiger partial charge in [-0.2, -0.15) is 0 Å². The van der Waals surface area contributed by atoms with Gasteiger partial charge >= 0.3 is 5.30 Å². The van der Waals surface area contributed by atoms with Crippen LogP contribution in [0.15, 0.2) is 24.3 Å². The van der Waals surface area contributed by atoms with Gasteiger partial charge in [0.2, 0.25) is 0 Å². The highest BCUT2D eigenvalue weighted by Gasteiger charge is 2.23. The van der Waals surface area contributed by atoms with Crippen LogP contribution in [0.3, 0.4) is 0 Å². The third kappa shape index (κ3) is 7.16. The van der Waals surface area contributed by atoms with E-state index in [1.165, 1.54) is 24.3 Å². The van der Waals surface area contributed by atoms with Crippen LogP contribution < -0.4 is 0 Å². The Kier molecular flexibility index (Phi) is 5.60. The lowest BCUT2D eigenvalue weighted by molar-refractivity contribution is 0.0175. The van der Waals surface area contributed by atoms with E-state index < -0.39 is 11.2 Å². The molecule has 15 heavy (non-hydrogen) atoms. The van der Waals surface area contributed by atoms with Crippen LogP contribution in [0, 0.1) is 0 Å². The molecule has 0 aliphatic rings. The molecule has 0 atom stereocenters. The number of benzene rings is 1. The monoisotopic (exact) mass is 254 g/mol. The van der Waals surface area contributed by atoms with Crippen LogP contribution >= 0.6 is 24.2 Å². The molecule has 0 unspecified atom stereocenters. The molecule has 1 rings (SSSR count). The molecule has 0 aliphatic heterocycles. The molecule has 0 aromatic heterocycles. The maximum absolute atomic E-state index is 12.5. The van der Waals surface area contributed by atoms with Gasteiger partial charge in [0.05, 0.1) is 0 Å². The van der Waals surface area contributed by atoms with E-state index in [0.29, 0.717) is 5.02 Å². The zero-order chi connectivity index (χ0) is 12.1. The number of hydrogen-bond donors (Lipinski definition) is 2. The normalized spacial score (nSPS) is 10.2. The van der Waals surface area contributed by atoms with Gasteiger partial charge in [0.1, 0.15) is 0 Å². The predicted molar refractivity (Wildman–Crippen MR) is 58.0 cm³/mol. The summed E-state index contributed by atoms with van der Waals surface area (Å²) in [6.07, 6.45) is 0. The quantitative estimate of drug-likeness (QED) is 0.742. The van der Waals surface area contributed by atoms with Crippen molar-refractivity contribution >= 4 is 29.5 Å². The summed E-state index contributed by atoms with van der Waals surface area (Å²) in [4.78, 5) is 8.86. The minimum atomic E-state index is -2.77. The average Bonchev–Trinajstić information content (AvgIpc) is 2.01. The minimum Gasteiger partial charge on any atom is -0.473 e. The summed E-state index contributed by atoms with van der Waals surface area (Å²) in [5, 5.41) is 6.61. The van der Waals surface area contributed by atoms with Crippen molar-refractivity contribution in [2.75, 3.05) is 0 Å². The van der Waals surface area contributed by atoms with Crippen LogP contribution in [-0.2, 0) is 5.92 Å². The van der Waals surface area contributed by atoms with Crippen molar-refractivity contribution < 1.29 is 18.7 Å². The summed E-state index contributed by atoms with van der Waals surface area (Å²) in [5.74, 6) is -2.77. The van der Waals surface area contributed by atoms with Crippen LogP contribution in [0.1, 0.15) is 12.5 Å². The molecule has 0 bridgehead atoms. The number of halogens is 3. The second-order valence-electron chi connectivity index (χ2n) is 2.68. The standard InChI is InChI=1S/C8H7ClF2.CH2O2S/c1-8(10,11)6-2-4-7(9)5-3-6;2-1(3)4/h2-5H,1H3;4H,(H,2,3). The Morgan fingerprint density at radius 3 is 2.00 bits per heavy atom. The van der Waals surface area contributed by atoms with Crippen LogP contribution in [0.4, 0.5) is 13.6 Å². The van der Waals surface area contributed by atoms with Crippen molar-refractivity contribution in [3.8, 4) is 0 Å². The molecule has 0 amide bonds. The van der Waals surface area contributed by atoms with Crippen molar-refractivity contribution in [1.82, 2.24) is 0 Å². The van der Waals surface area contributed by atoms with Gasteiger partial charge in [0.25, 0.3) is 5.92 Å². The van der Waals surface area contributed by atoms with E-state index in [1.807, 2.05) is 0 Å². The molecule has 2 nitrogen and oxygen atoms in total. The SMILES string of the molecule is CC(F)(F)c1ccc(Cl)cc1.O=C(O)S. The number of carboxylic acid groups (broad SMARTS) is 1. The van der Waals surface area contributed by atoms with Gasteiger partial charge in [-0.25, -0.2) is 13.6 Å². The van der Waals surface area contributed by atoms with Crippen molar-refractivity contribution in [3.05, 3.63) is 34.9 Å². The summed E-state index contributed by atoms with van der Waals surface area (Å²) in [5.41, 5.74) is -0.0121. The third-order valence-corrected chi connectivity index (χ3v) is 1.60. The van der Waals surface area contributed by atoms with Gasteiger partial charge in [-0.15, -0.1) is 0 Å². The Labute approximate surface area is 96.3 Å². The summed E-state index contributed by atoms with van der Waals surface area (Å²) in [6.45, 7) is 0.857. The molecule has 1 N–H and O–H groups in total. The highest BCUT2D eigenvalue weighted by molar-refractivity contribution is 7.96. The Morgan fingerprint density at radius 1 is 1.40 bits per heavy atom. The lowest BCUT2D eigenvalue weighted by Crippen LogP contribution is -2.05. The lowest BCUT2D eigenvalue weighted by atomic mass is 10.1. The minimum absolute atomic E-state index is 0.0121. The summed E-state index contributed by atoms with van der Waals surface area (Å²) in [6, 6.07) is 5.55. The van der Waals surface area contributed by atoms with E-state index in [4.69, 9.17) is 21.5 Å². The largest absolute Gasteiger partial charge is 0.473 e. The molecule has 0 fully saturated rings. The Hall–Kier alpha value is -0.810. The second kappa shape index (κ2) is 5.92. The van der Waals surface area contributed by atoms with Crippen LogP contribution in [0.2, 0.25) is 5.02 Å².